The van der Waals surface area contributed by atoms with E-state index in [2.05, 4.69) is 5.32 Å². The summed E-state index contributed by atoms with van der Waals surface area (Å²) in [6.45, 7) is -0.343. The molecule has 166 valence electrons. The smallest absolute Gasteiger partial charge is 0.251 e. The number of hydrogen-bond donors (Lipinski definition) is 2. The molecule has 2 aromatic carbocycles. The molecular weight excluding hydrogens is 450 g/mol. The maximum atomic E-state index is 13.7. The van der Waals surface area contributed by atoms with Crippen LogP contribution >= 0.6 is 23.4 Å². The van der Waals surface area contributed by atoms with Gasteiger partial charge in [0.2, 0.25) is 11.8 Å². The number of fused-ring (bicyclic) bond motifs is 1. The molecule has 0 radical (unpaired) electrons. The van der Waals surface area contributed by atoms with Gasteiger partial charge in [0.25, 0.3) is 5.91 Å². The van der Waals surface area contributed by atoms with Gasteiger partial charge in [0, 0.05) is 16.3 Å². The predicted molar refractivity (Wildman–Crippen MR) is 122 cm³/mol. The fourth-order valence-corrected chi connectivity index (χ4v) is 5.75. The van der Waals surface area contributed by atoms with Crippen molar-refractivity contribution in [2.45, 2.75) is 35.4 Å². The number of nitrogens with two attached hydrogens (primary N) is 1. The second-order valence-electron chi connectivity index (χ2n) is 7.85. The summed E-state index contributed by atoms with van der Waals surface area (Å²) in [7, 11) is 0. The van der Waals surface area contributed by atoms with Crippen LogP contribution in [0.2, 0.25) is 5.02 Å². The summed E-state index contributed by atoms with van der Waals surface area (Å²) in [4.78, 5) is 52.6. The van der Waals surface area contributed by atoms with Crippen molar-refractivity contribution in [2.24, 2.45) is 11.7 Å². The molecular formula is C23H22ClN3O4S. The lowest BCUT2D eigenvalue weighted by Crippen LogP contribution is -2.53. The van der Waals surface area contributed by atoms with E-state index >= 15 is 0 Å². The van der Waals surface area contributed by atoms with E-state index in [4.69, 9.17) is 17.3 Å². The number of ketones is 1. The number of hydrogen-bond acceptors (Lipinski definition) is 5. The van der Waals surface area contributed by atoms with Crippen LogP contribution < -0.4 is 16.0 Å². The Bertz CT molecular complexity index is 1080. The minimum atomic E-state index is -1.01. The lowest BCUT2D eigenvalue weighted by Gasteiger charge is -2.28. The van der Waals surface area contributed by atoms with Gasteiger partial charge in [-0.3, -0.25) is 19.2 Å². The number of rotatable bonds is 5. The molecule has 1 saturated carbocycles. The highest BCUT2D eigenvalue weighted by Crippen LogP contribution is 2.46. The molecule has 7 nitrogen and oxygen atoms in total. The van der Waals surface area contributed by atoms with Crippen LogP contribution in [0.4, 0.5) is 5.69 Å². The topological polar surface area (TPSA) is 110 Å². The molecule has 3 amide bonds. The lowest BCUT2D eigenvalue weighted by molar-refractivity contribution is -0.135. The van der Waals surface area contributed by atoms with E-state index in [1.165, 1.54) is 16.7 Å². The van der Waals surface area contributed by atoms with Crippen molar-refractivity contribution in [1.29, 1.82) is 0 Å². The summed E-state index contributed by atoms with van der Waals surface area (Å²) in [6, 6.07) is 13.3. The van der Waals surface area contributed by atoms with E-state index in [1.807, 2.05) is 30.3 Å². The van der Waals surface area contributed by atoms with Crippen LogP contribution in [0.1, 0.15) is 30.1 Å². The zero-order chi connectivity index (χ0) is 22.8. The Kier molecular flexibility index (Phi) is 6.53. The van der Waals surface area contributed by atoms with Crippen LogP contribution in [0.15, 0.2) is 53.4 Å². The van der Waals surface area contributed by atoms with E-state index in [1.54, 1.807) is 18.2 Å². The molecule has 2 aromatic rings. The number of thioether (sulfide) groups is 1. The molecule has 32 heavy (non-hydrogen) atoms. The second-order valence-corrected chi connectivity index (χ2v) is 9.47. The van der Waals surface area contributed by atoms with Gasteiger partial charge in [-0.25, -0.2) is 0 Å². The number of anilines is 1. The van der Waals surface area contributed by atoms with Crippen molar-refractivity contribution in [3.63, 3.8) is 0 Å². The first-order chi connectivity index (χ1) is 15.3. The zero-order valence-electron chi connectivity index (χ0n) is 17.1. The van der Waals surface area contributed by atoms with E-state index in [0.717, 1.165) is 5.56 Å². The van der Waals surface area contributed by atoms with Crippen molar-refractivity contribution in [3.05, 3.63) is 59.1 Å². The number of halogens is 1. The van der Waals surface area contributed by atoms with Crippen molar-refractivity contribution >= 4 is 52.6 Å². The van der Waals surface area contributed by atoms with Crippen molar-refractivity contribution in [1.82, 2.24) is 5.32 Å². The Labute approximate surface area is 194 Å². The minimum absolute atomic E-state index is 0.114. The Hall–Kier alpha value is -2.84. The number of Topliss-reactive ketones (excluding diaryl/α,β-unsaturated/α-hetero) is 1. The molecule has 4 rings (SSSR count). The molecule has 1 aliphatic heterocycles. The van der Waals surface area contributed by atoms with Gasteiger partial charge in [0.05, 0.1) is 16.9 Å². The van der Waals surface area contributed by atoms with Gasteiger partial charge in [-0.1, -0.05) is 41.9 Å². The molecule has 1 aliphatic carbocycles. The van der Waals surface area contributed by atoms with Crippen molar-refractivity contribution in [2.75, 3.05) is 11.4 Å². The highest BCUT2D eigenvalue weighted by molar-refractivity contribution is 7.99. The summed E-state index contributed by atoms with van der Waals surface area (Å²) < 4.78 is 0. The molecule has 2 aliphatic rings. The fourth-order valence-electron chi connectivity index (χ4n) is 4.13. The average molecular weight is 472 g/mol. The SMILES string of the molecule is NC(=O)CN1C(=O)[C@@H](NC(=O)C2CCCC2=O)[C@@H](c2ccccc2)Sc2cc(Cl)ccc21. The summed E-state index contributed by atoms with van der Waals surface area (Å²) in [5.41, 5.74) is 6.75. The first kappa shape index (κ1) is 22.4. The average Bonchev–Trinajstić information content (AvgIpc) is 3.16. The monoisotopic (exact) mass is 471 g/mol. The number of primary amides is 1. The van der Waals surface area contributed by atoms with Crippen LogP contribution in [-0.2, 0) is 19.2 Å². The Morgan fingerprint density at radius 3 is 2.56 bits per heavy atom. The molecule has 0 spiro atoms. The first-order valence-corrected chi connectivity index (χ1v) is 11.5. The molecule has 9 heteroatoms. The third kappa shape index (κ3) is 4.52. The molecule has 1 fully saturated rings. The number of nitrogens with zero attached hydrogens (tertiary/aromatic N) is 1. The van der Waals surface area contributed by atoms with Gasteiger partial charge < -0.3 is 16.0 Å². The number of nitrogens with one attached hydrogen (secondary N) is 1. The molecule has 0 saturated heterocycles. The standard InChI is InChI=1S/C23H22ClN3O4S/c24-14-9-10-16-18(11-14)32-21(13-5-2-1-3-6-13)20(23(31)27(16)12-19(25)29)26-22(30)15-7-4-8-17(15)28/h1-3,5-6,9-11,15,20-21H,4,7-8,12H2,(H2,25,29)(H,26,30)/t15?,20-,21+/m0/s1. The normalized spacial score (nSPS) is 22.9. The van der Waals surface area contributed by atoms with Gasteiger partial charge in [-0.2, -0.15) is 0 Å². The number of carbonyl (C=O) groups is 4. The van der Waals surface area contributed by atoms with Crippen molar-refractivity contribution < 1.29 is 19.2 Å². The van der Waals surface area contributed by atoms with Gasteiger partial charge in [-0.15, -0.1) is 11.8 Å². The maximum absolute atomic E-state index is 13.7. The van der Waals surface area contributed by atoms with Crippen LogP contribution in [0.3, 0.4) is 0 Å². The third-order valence-electron chi connectivity index (χ3n) is 5.66. The van der Waals surface area contributed by atoms with Gasteiger partial charge >= 0.3 is 0 Å². The van der Waals surface area contributed by atoms with Crippen LogP contribution in [0.5, 0.6) is 0 Å². The minimum Gasteiger partial charge on any atom is -0.368 e. The molecule has 3 N–H and O–H groups in total. The van der Waals surface area contributed by atoms with Crippen molar-refractivity contribution in [3.8, 4) is 0 Å². The largest absolute Gasteiger partial charge is 0.368 e. The van der Waals surface area contributed by atoms with Crippen LogP contribution in [0.25, 0.3) is 0 Å². The Morgan fingerprint density at radius 2 is 1.91 bits per heavy atom. The van der Waals surface area contributed by atoms with Gasteiger partial charge in [0.1, 0.15) is 18.4 Å². The summed E-state index contributed by atoms with van der Waals surface area (Å²) in [6.07, 6.45) is 1.49. The van der Waals surface area contributed by atoms with Gasteiger partial charge in [0.15, 0.2) is 0 Å². The van der Waals surface area contributed by atoms with E-state index in [0.29, 0.717) is 34.9 Å². The highest BCUT2D eigenvalue weighted by Gasteiger charge is 2.42. The lowest BCUT2D eigenvalue weighted by atomic mass is 10.0. The van der Waals surface area contributed by atoms with E-state index in [9.17, 15) is 19.2 Å². The maximum Gasteiger partial charge on any atom is 0.251 e. The molecule has 0 bridgehead atoms. The quantitative estimate of drug-likeness (QED) is 0.651. The number of amides is 3. The molecule has 0 aromatic heterocycles. The predicted octanol–water partition coefficient (Wildman–Crippen LogP) is 2.86. The van der Waals surface area contributed by atoms with E-state index < -0.39 is 34.9 Å². The second kappa shape index (κ2) is 9.34. The van der Waals surface area contributed by atoms with E-state index in [-0.39, 0.29) is 12.3 Å². The fraction of sp³-hybridized carbons (Fsp3) is 0.304. The number of benzene rings is 2. The Balaban J connectivity index is 1.78. The molecule has 1 heterocycles. The summed E-state index contributed by atoms with van der Waals surface area (Å²) >= 11 is 7.60. The van der Waals surface area contributed by atoms with Crippen LogP contribution in [0, 0.1) is 5.92 Å². The molecule has 1 unspecified atom stereocenters. The summed E-state index contributed by atoms with van der Waals surface area (Å²) in [5, 5.41) is 2.80. The zero-order valence-corrected chi connectivity index (χ0v) is 18.7. The van der Waals surface area contributed by atoms with Crippen LogP contribution in [-0.4, -0.2) is 36.1 Å². The summed E-state index contributed by atoms with van der Waals surface area (Å²) in [5.74, 6) is -2.48. The third-order valence-corrected chi connectivity index (χ3v) is 7.28. The number of carbonyl (C=O) groups excluding carboxylic acids is 4. The Morgan fingerprint density at radius 1 is 1.16 bits per heavy atom. The molecule has 3 atom stereocenters. The first-order valence-electron chi connectivity index (χ1n) is 10.3. The van der Waals surface area contributed by atoms with Gasteiger partial charge in [-0.05, 0) is 36.6 Å². The highest BCUT2D eigenvalue weighted by atomic mass is 35.5.